The number of ketones is 1. The molecule has 0 N–H and O–H groups in total. The Morgan fingerprint density at radius 3 is 2.44 bits per heavy atom. The van der Waals surface area contributed by atoms with Crippen LogP contribution < -0.4 is 4.74 Å². The fraction of sp³-hybridized carbons (Fsp3) is 0.158. The van der Waals surface area contributed by atoms with Crippen LogP contribution in [0.15, 0.2) is 53.0 Å². The number of ether oxygens (including phenoxy) is 1. The van der Waals surface area contributed by atoms with E-state index >= 15 is 0 Å². The van der Waals surface area contributed by atoms with Crippen LogP contribution in [0.25, 0.3) is 6.08 Å². The van der Waals surface area contributed by atoms with E-state index in [1.165, 1.54) is 17.0 Å². The molecule has 0 saturated carbocycles. The van der Waals surface area contributed by atoms with Gasteiger partial charge in [0, 0.05) is 19.7 Å². The van der Waals surface area contributed by atoms with E-state index in [2.05, 4.69) is 15.9 Å². The Morgan fingerprint density at radius 2 is 1.84 bits per heavy atom. The summed E-state index contributed by atoms with van der Waals surface area (Å²) >= 11 is 3.10. The van der Waals surface area contributed by atoms with Gasteiger partial charge < -0.3 is 9.64 Å². The van der Waals surface area contributed by atoms with E-state index in [0.717, 1.165) is 0 Å². The molecule has 0 aliphatic heterocycles. The molecule has 0 spiro atoms. The molecule has 25 heavy (non-hydrogen) atoms. The van der Waals surface area contributed by atoms with E-state index in [1.807, 2.05) is 0 Å². The van der Waals surface area contributed by atoms with Gasteiger partial charge in [-0.15, -0.1) is 0 Å². The number of amides is 1. The van der Waals surface area contributed by atoms with E-state index in [-0.39, 0.29) is 24.1 Å². The second-order valence-electron chi connectivity index (χ2n) is 5.47. The summed E-state index contributed by atoms with van der Waals surface area (Å²) in [6.45, 7) is -0.0559. The fourth-order valence-corrected chi connectivity index (χ4v) is 2.27. The van der Waals surface area contributed by atoms with Gasteiger partial charge in [-0.2, -0.15) is 0 Å². The molecule has 0 radical (unpaired) electrons. The van der Waals surface area contributed by atoms with Gasteiger partial charge in [-0.05, 0) is 64.0 Å². The molecule has 0 aliphatic carbocycles. The molecule has 2 aromatic carbocycles. The van der Waals surface area contributed by atoms with E-state index in [4.69, 9.17) is 4.74 Å². The lowest BCUT2D eigenvalue weighted by atomic mass is 10.1. The Morgan fingerprint density at radius 1 is 1.16 bits per heavy atom. The molecule has 0 saturated heterocycles. The molecule has 0 bridgehead atoms. The Labute approximate surface area is 154 Å². The van der Waals surface area contributed by atoms with Gasteiger partial charge >= 0.3 is 0 Å². The zero-order valence-electron chi connectivity index (χ0n) is 13.8. The average Bonchev–Trinajstić information content (AvgIpc) is 2.60. The molecule has 0 atom stereocenters. The summed E-state index contributed by atoms with van der Waals surface area (Å²) < 4.78 is 18.9. The van der Waals surface area contributed by atoms with Crippen molar-refractivity contribution in [1.29, 1.82) is 0 Å². The molecule has 0 heterocycles. The Bertz CT molecular complexity index is 801. The lowest BCUT2D eigenvalue weighted by Gasteiger charge is -2.11. The van der Waals surface area contributed by atoms with Crippen molar-refractivity contribution in [3.8, 4) is 5.75 Å². The number of allylic oxidation sites excluding steroid dienone is 1. The predicted molar refractivity (Wildman–Crippen MR) is 98.1 cm³/mol. The van der Waals surface area contributed by atoms with Crippen LogP contribution in [0.4, 0.5) is 4.39 Å². The molecule has 0 fully saturated rings. The van der Waals surface area contributed by atoms with Crippen LogP contribution in [0, 0.1) is 5.82 Å². The minimum absolute atomic E-state index is 0.0559. The van der Waals surface area contributed by atoms with Crippen molar-refractivity contribution in [2.45, 2.75) is 0 Å². The van der Waals surface area contributed by atoms with Crippen LogP contribution in [0.2, 0.25) is 0 Å². The number of rotatable bonds is 6. The van der Waals surface area contributed by atoms with Gasteiger partial charge in [0.1, 0.15) is 11.6 Å². The SMILES string of the molecule is CN(C)C(=O)COc1ccc(C(=O)C=Cc2ccc(F)c(Br)c2)cc1. The van der Waals surface area contributed by atoms with Crippen LogP contribution in [0.3, 0.4) is 0 Å². The summed E-state index contributed by atoms with van der Waals surface area (Å²) in [7, 11) is 3.30. The molecule has 0 unspecified atom stereocenters. The lowest BCUT2D eigenvalue weighted by molar-refractivity contribution is -0.130. The van der Waals surface area contributed by atoms with Crippen molar-refractivity contribution < 1.29 is 18.7 Å². The Hall–Kier alpha value is -2.47. The van der Waals surface area contributed by atoms with Gasteiger partial charge in [-0.3, -0.25) is 9.59 Å². The first-order valence-electron chi connectivity index (χ1n) is 7.47. The summed E-state index contributed by atoms with van der Waals surface area (Å²) in [6, 6.07) is 11.0. The molecular formula is C19H17BrFNO3. The summed E-state index contributed by atoms with van der Waals surface area (Å²) in [5, 5.41) is 0. The Kier molecular flexibility index (Phi) is 6.47. The monoisotopic (exact) mass is 405 g/mol. The van der Waals surface area contributed by atoms with Crippen molar-refractivity contribution in [2.75, 3.05) is 20.7 Å². The van der Waals surface area contributed by atoms with Gasteiger partial charge in [-0.25, -0.2) is 4.39 Å². The summed E-state index contributed by atoms with van der Waals surface area (Å²) in [5.41, 5.74) is 1.20. The number of hydrogen-bond donors (Lipinski definition) is 0. The molecule has 2 aromatic rings. The van der Waals surface area contributed by atoms with Crippen molar-refractivity contribution in [1.82, 2.24) is 4.90 Å². The predicted octanol–water partition coefficient (Wildman–Crippen LogP) is 3.95. The minimum Gasteiger partial charge on any atom is -0.484 e. The molecular weight excluding hydrogens is 389 g/mol. The smallest absolute Gasteiger partial charge is 0.259 e. The summed E-state index contributed by atoms with van der Waals surface area (Å²) in [6.07, 6.45) is 3.04. The number of carbonyl (C=O) groups is 2. The van der Waals surface area contributed by atoms with E-state index in [9.17, 15) is 14.0 Å². The zero-order chi connectivity index (χ0) is 18.4. The van der Waals surface area contributed by atoms with Crippen LogP contribution in [-0.4, -0.2) is 37.3 Å². The highest BCUT2D eigenvalue weighted by Crippen LogP contribution is 2.18. The quantitative estimate of drug-likeness (QED) is 0.539. The molecule has 6 heteroatoms. The number of hydrogen-bond acceptors (Lipinski definition) is 3. The lowest BCUT2D eigenvalue weighted by Crippen LogP contribution is -2.27. The minimum atomic E-state index is -0.355. The third-order valence-corrected chi connectivity index (χ3v) is 3.98. The van der Waals surface area contributed by atoms with Crippen LogP contribution in [0.5, 0.6) is 5.75 Å². The molecule has 4 nitrogen and oxygen atoms in total. The third kappa shape index (κ3) is 5.53. The van der Waals surface area contributed by atoms with Crippen molar-refractivity contribution in [3.63, 3.8) is 0 Å². The van der Waals surface area contributed by atoms with Crippen LogP contribution in [-0.2, 0) is 4.79 Å². The number of nitrogens with zero attached hydrogens (tertiary/aromatic N) is 1. The maximum Gasteiger partial charge on any atom is 0.259 e. The number of halogens is 2. The highest BCUT2D eigenvalue weighted by atomic mass is 79.9. The average molecular weight is 406 g/mol. The summed E-state index contributed by atoms with van der Waals surface area (Å²) in [5.74, 6) is -0.171. The number of benzene rings is 2. The largest absolute Gasteiger partial charge is 0.484 e. The van der Waals surface area contributed by atoms with E-state index in [0.29, 0.717) is 21.3 Å². The van der Waals surface area contributed by atoms with Crippen molar-refractivity contribution in [3.05, 3.63) is 70.0 Å². The normalized spacial score (nSPS) is 10.7. The first-order valence-corrected chi connectivity index (χ1v) is 8.26. The van der Waals surface area contributed by atoms with Gasteiger partial charge in [-0.1, -0.05) is 12.1 Å². The second-order valence-corrected chi connectivity index (χ2v) is 6.33. The van der Waals surface area contributed by atoms with Gasteiger partial charge in [0.25, 0.3) is 5.91 Å². The van der Waals surface area contributed by atoms with Crippen LogP contribution >= 0.6 is 15.9 Å². The van der Waals surface area contributed by atoms with Crippen molar-refractivity contribution >= 4 is 33.7 Å². The van der Waals surface area contributed by atoms with E-state index in [1.54, 1.807) is 56.6 Å². The zero-order valence-corrected chi connectivity index (χ0v) is 15.4. The summed E-state index contributed by atoms with van der Waals surface area (Å²) in [4.78, 5) is 25.1. The molecule has 0 aliphatic rings. The Balaban J connectivity index is 1.98. The maximum absolute atomic E-state index is 13.2. The first kappa shape index (κ1) is 18.9. The number of carbonyl (C=O) groups excluding carboxylic acids is 2. The maximum atomic E-state index is 13.2. The first-order chi connectivity index (χ1) is 11.9. The van der Waals surface area contributed by atoms with Gasteiger partial charge in [0.15, 0.2) is 12.4 Å². The van der Waals surface area contributed by atoms with E-state index < -0.39 is 0 Å². The standard InChI is InChI=1S/C19H17BrFNO3/c1-22(2)19(24)12-25-15-7-5-14(6-8-15)18(23)10-4-13-3-9-17(21)16(20)11-13/h3-11H,12H2,1-2H3. The van der Waals surface area contributed by atoms with Gasteiger partial charge in [0.05, 0.1) is 4.47 Å². The molecule has 1 amide bonds. The van der Waals surface area contributed by atoms with Crippen molar-refractivity contribution in [2.24, 2.45) is 0 Å². The number of likely N-dealkylation sites (N-methyl/N-ethyl adjacent to an activating group) is 1. The third-order valence-electron chi connectivity index (χ3n) is 3.37. The second kappa shape index (κ2) is 8.58. The van der Waals surface area contributed by atoms with Gasteiger partial charge in [0.2, 0.25) is 0 Å². The topological polar surface area (TPSA) is 46.6 Å². The fourth-order valence-electron chi connectivity index (χ4n) is 1.87. The molecule has 0 aromatic heterocycles. The van der Waals surface area contributed by atoms with Crippen LogP contribution in [0.1, 0.15) is 15.9 Å². The highest BCUT2D eigenvalue weighted by molar-refractivity contribution is 9.10. The highest BCUT2D eigenvalue weighted by Gasteiger charge is 2.06. The molecule has 2 rings (SSSR count). The molecule has 130 valence electrons.